The van der Waals surface area contributed by atoms with Gasteiger partial charge in [-0.1, -0.05) is 27.5 Å². The summed E-state index contributed by atoms with van der Waals surface area (Å²) in [5.74, 6) is 0. The highest BCUT2D eigenvalue weighted by Crippen LogP contribution is 2.27. The molecule has 0 unspecified atom stereocenters. The molecule has 0 aliphatic heterocycles. The standard InChI is InChI=1S/C10H7Br2ClN2S/c11-6-1-2-8(12)9(3-6)14-4-7-5-15-10(13)16-7/h1-3,5,14H,4H2. The van der Waals surface area contributed by atoms with Gasteiger partial charge < -0.3 is 5.32 Å². The van der Waals surface area contributed by atoms with Crippen LogP contribution in [0.5, 0.6) is 0 Å². The first-order valence-electron chi connectivity index (χ1n) is 4.44. The fourth-order valence-electron chi connectivity index (χ4n) is 1.18. The van der Waals surface area contributed by atoms with Gasteiger partial charge >= 0.3 is 0 Å². The van der Waals surface area contributed by atoms with Crippen LogP contribution in [0.25, 0.3) is 0 Å². The first-order chi connectivity index (χ1) is 7.65. The number of aromatic nitrogens is 1. The number of nitrogens with zero attached hydrogens (tertiary/aromatic N) is 1. The Hall–Kier alpha value is -0.100. The molecular weight excluding hydrogens is 375 g/mol. The SMILES string of the molecule is Clc1ncc(CNc2cc(Br)ccc2Br)s1. The molecule has 6 heteroatoms. The number of rotatable bonds is 3. The summed E-state index contributed by atoms with van der Waals surface area (Å²) >= 11 is 14.2. The Balaban J connectivity index is 2.07. The highest BCUT2D eigenvalue weighted by atomic mass is 79.9. The van der Waals surface area contributed by atoms with Crippen molar-refractivity contribution in [1.29, 1.82) is 0 Å². The molecular formula is C10H7Br2ClN2S. The number of nitrogens with one attached hydrogen (secondary N) is 1. The number of hydrogen-bond donors (Lipinski definition) is 1. The van der Waals surface area contributed by atoms with Gasteiger partial charge in [-0.05, 0) is 34.1 Å². The summed E-state index contributed by atoms with van der Waals surface area (Å²) in [7, 11) is 0. The van der Waals surface area contributed by atoms with E-state index in [0.717, 1.165) is 26.1 Å². The van der Waals surface area contributed by atoms with E-state index in [4.69, 9.17) is 11.6 Å². The van der Waals surface area contributed by atoms with Crippen LogP contribution >= 0.6 is 54.8 Å². The molecule has 1 N–H and O–H groups in total. The Kier molecular flexibility index (Phi) is 4.24. The highest BCUT2D eigenvalue weighted by Gasteiger charge is 2.02. The molecule has 2 aromatic rings. The zero-order valence-corrected chi connectivity index (χ0v) is 12.8. The second-order valence-electron chi connectivity index (χ2n) is 3.06. The minimum atomic E-state index is 0.574. The summed E-state index contributed by atoms with van der Waals surface area (Å²) < 4.78 is 2.65. The third-order valence-corrected chi connectivity index (χ3v) is 4.21. The molecule has 0 atom stereocenters. The third-order valence-electron chi connectivity index (χ3n) is 1.91. The van der Waals surface area contributed by atoms with Crippen LogP contribution in [-0.4, -0.2) is 4.98 Å². The molecule has 2 nitrogen and oxygen atoms in total. The van der Waals surface area contributed by atoms with Gasteiger partial charge in [0.1, 0.15) is 0 Å². The van der Waals surface area contributed by atoms with E-state index in [1.807, 2.05) is 18.2 Å². The van der Waals surface area contributed by atoms with E-state index in [1.165, 1.54) is 11.3 Å². The molecule has 0 saturated carbocycles. The lowest BCUT2D eigenvalue weighted by Crippen LogP contribution is -1.98. The Morgan fingerprint density at radius 2 is 2.19 bits per heavy atom. The Labute approximate surface area is 119 Å². The van der Waals surface area contributed by atoms with Crippen LogP contribution in [0.15, 0.2) is 33.3 Å². The largest absolute Gasteiger partial charge is 0.379 e. The molecule has 16 heavy (non-hydrogen) atoms. The smallest absolute Gasteiger partial charge is 0.183 e. The summed E-state index contributed by atoms with van der Waals surface area (Å²) in [6.07, 6.45) is 1.78. The van der Waals surface area contributed by atoms with Gasteiger partial charge in [0, 0.05) is 25.7 Å². The molecule has 0 bridgehead atoms. The lowest BCUT2D eigenvalue weighted by molar-refractivity contribution is 1.17. The van der Waals surface area contributed by atoms with E-state index in [2.05, 4.69) is 42.2 Å². The van der Waals surface area contributed by atoms with Crippen molar-refractivity contribution in [3.05, 3.63) is 42.7 Å². The molecule has 0 fully saturated rings. The van der Waals surface area contributed by atoms with Gasteiger partial charge in [-0.25, -0.2) is 4.98 Å². The van der Waals surface area contributed by atoms with Gasteiger partial charge in [-0.3, -0.25) is 0 Å². The third kappa shape index (κ3) is 3.20. The Morgan fingerprint density at radius 3 is 2.88 bits per heavy atom. The summed E-state index contributed by atoms with van der Waals surface area (Å²) in [4.78, 5) is 5.10. The predicted molar refractivity (Wildman–Crippen MR) is 76.3 cm³/mol. The van der Waals surface area contributed by atoms with E-state index < -0.39 is 0 Å². The molecule has 1 aromatic heterocycles. The van der Waals surface area contributed by atoms with E-state index in [1.54, 1.807) is 6.20 Å². The van der Waals surface area contributed by atoms with Crippen molar-refractivity contribution in [3.8, 4) is 0 Å². The molecule has 0 spiro atoms. The summed E-state index contributed by atoms with van der Waals surface area (Å²) in [6.45, 7) is 0.722. The molecule has 0 amide bonds. The van der Waals surface area contributed by atoms with Crippen LogP contribution in [-0.2, 0) is 6.54 Å². The number of hydrogen-bond acceptors (Lipinski definition) is 3. The summed E-state index contributed by atoms with van der Waals surface area (Å²) in [6, 6.07) is 6.00. The monoisotopic (exact) mass is 380 g/mol. The lowest BCUT2D eigenvalue weighted by Gasteiger charge is -2.07. The lowest BCUT2D eigenvalue weighted by atomic mass is 10.3. The Morgan fingerprint density at radius 1 is 1.38 bits per heavy atom. The van der Waals surface area contributed by atoms with E-state index >= 15 is 0 Å². The van der Waals surface area contributed by atoms with Gasteiger partial charge in [0.2, 0.25) is 0 Å². The number of halogens is 3. The zero-order valence-electron chi connectivity index (χ0n) is 8.01. The molecule has 0 aliphatic carbocycles. The van der Waals surface area contributed by atoms with E-state index in [-0.39, 0.29) is 0 Å². The van der Waals surface area contributed by atoms with Crippen LogP contribution in [0.2, 0.25) is 4.47 Å². The van der Waals surface area contributed by atoms with Crippen molar-refractivity contribution in [2.24, 2.45) is 0 Å². The van der Waals surface area contributed by atoms with Gasteiger partial charge in [-0.15, -0.1) is 11.3 Å². The fourth-order valence-corrected chi connectivity index (χ4v) is 2.85. The topological polar surface area (TPSA) is 24.9 Å². The maximum Gasteiger partial charge on any atom is 0.183 e. The Bertz CT molecular complexity index is 501. The average Bonchev–Trinajstić information content (AvgIpc) is 2.66. The van der Waals surface area contributed by atoms with Crippen molar-refractivity contribution in [1.82, 2.24) is 4.98 Å². The summed E-state index contributed by atoms with van der Waals surface area (Å²) in [5, 5.41) is 3.32. The van der Waals surface area contributed by atoms with E-state index in [9.17, 15) is 0 Å². The molecule has 2 rings (SSSR count). The predicted octanol–water partition coefficient (Wildman–Crippen LogP) is 4.93. The first-order valence-corrected chi connectivity index (χ1v) is 7.22. The van der Waals surface area contributed by atoms with Crippen molar-refractivity contribution in [2.75, 3.05) is 5.32 Å². The van der Waals surface area contributed by atoms with Gasteiger partial charge in [0.25, 0.3) is 0 Å². The quantitative estimate of drug-likeness (QED) is 0.814. The zero-order chi connectivity index (χ0) is 11.5. The fraction of sp³-hybridized carbons (Fsp3) is 0.100. The molecule has 0 aliphatic rings. The van der Waals surface area contributed by atoms with Crippen molar-refractivity contribution in [3.63, 3.8) is 0 Å². The molecule has 0 radical (unpaired) electrons. The minimum Gasteiger partial charge on any atom is -0.379 e. The maximum atomic E-state index is 5.76. The molecule has 84 valence electrons. The molecule has 1 aromatic carbocycles. The second kappa shape index (κ2) is 5.49. The second-order valence-corrected chi connectivity index (χ2v) is 6.52. The van der Waals surface area contributed by atoms with Gasteiger partial charge in [0.05, 0.1) is 6.54 Å². The minimum absolute atomic E-state index is 0.574. The van der Waals surface area contributed by atoms with Crippen molar-refractivity contribution < 1.29 is 0 Å². The molecule has 0 saturated heterocycles. The van der Waals surface area contributed by atoms with Gasteiger partial charge in [-0.2, -0.15) is 0 Å². The first kappa shape index (κ1) is 12.4. The highest BCUT2D eigenvalue weighted by molar-refractivity contribution is 9.11. The van der Waals surface area contributed by atoms with Crippen LogP contribution in [0.4, 0.5) is 5.69 Å². The number of thiazole rings is 1. The average molecular weight is 383 g/mol. The van der Waals surface area contributed by atoms with Crippen LogP contribution in [0.1, 0.15) is 4.88 Å². The number of anilines is 1. The number of benzene rings is 1. The van der Waals surface area contributed by atoms with Crippen LogP contribution < -0.4 is 5.32 Å². The van der Waals surface area contributed by atoms with Gasteiger partial charge in [0.15, 0.2) is 4.47 Å². The van der Waals surface area contributed by atoms with Crippen LogP contribution in [0, 0.1) is 0 Å². The maximum absolute atomic E-state index is 5.76. The van der Waals surface area contributed by atoms with E-state index in [0.29, 0.717) is 4.47 Å². The molecule has 1 heterocycles. The normalized spacial score (nSPS) is 10.4. The van der Waals surface area contributed by atoms with Crippen LogP contribution in [0.3, 0.4) is 0 Å². The van der Waals surface area contributed by atoms with Crippen molar-refractivity contribution in [2.45, 2.75) is 6.54 Å². The summed E-state index contributed by atoms with van der Waals surface area (Å²) in [5.41, 5.74) is 1.04. The van der Waals surface area contributed by atoms with Crippen molar-refractivity contribution >= 4 is 60.5 Å².